The van der Waals surface area contributed by atoms with Crippen LogP contribution in [0.2, 0.25) is 0 Å². The molecule has 0 aliphatic carbocycles. The van der Waals surface area contributed by atoms with Gasteiger partial charge in [-0.05, 0) is 57.3 Å². The molecule has 0 saturated carbocycles. The lowest BCUT2D eigenvalue weighted by molar-refractivity contribution is -0.870. The molecule has 0 amide bonds. The first kappa shape index (κ1) is 29.4. The van der Waals surface area contributed by atoms with Crippen LogP contribution in [-0.4, -0.2) is 77.6 Å². The Morgan fingerprint density at radius 1 is 0.692 bits per heavy atom. The highest BCUT2D eigenvalue weighted by atomic mass is 127. The van der Waals surface area contributed by atoms with E-state index in [0.29, 0.717) is 0 Å². The average molecular weight is 722 g/mol. The summed E-state index contributed by atoms with van der Waals surface area (Å²) in [4.78, 5) is 0. The van der Waals surface area contributed by atoms with Crippen LogP contribution in [0.1, 0.15) is 12.8 Å². The molecule has 4 nitrogen and oxygen atoms in total. The van der Waals surface area contributed by atoms with Crippen molar-refractivity contribution < 1.29 is 52.4 Å². The van der Waals surface area contributed by atoms with E-state index in [1.165, 1.54) is 0 Å². The Morgan fingerprint density at radius 3 is 1.27 bits per heavy atom. The highest BCUT2D eigenvalue weighted by Crippen LogP contribution is 2.31. The summed E-state index contributed by atoms with van der Waals surface area (Å²) < 4.78 is 16.1. The van der Waals surface area contributed by atoms with E-state index < -0.39 is 0 Å². The lowest BCUT2D eigenvalue weighted by Gasteiger charge is -2.24. The number of ether oxygens (including phenoxy) is 2. The second kappa shape index (κ2) is 13.4. The van der Waals surface area contributed by atoms with Gasteiger partial charge in [0.05, 0.1) is 75.7 Å². The van der Waals surface area contributed by atoms with Gasteiger partial charge < -0.3 is 52.4 Å². The zero-order valence-electron chi connectivity index (χ0n) is 16.6. The molecule has 0 aliphatic rings. The molecule has 0 fully saturated rings. The molecular formula is C18H32Br2I2N2O2. The summed E-state index contributed by atoms with van der Waals surface area (Å²) in [5.74, 6) is 1.92. The molecule has 8 heteroatoms. The number of benzene rings is 1. The minimum absolute atomic E-state index is 0. The second-order valence-electron chi connectivity index (χ2n) is 8.14. The molecule has 0 unspecified atom stereocenters. The van der Waals surface area contributed by atoms with E-state index in [4.69, 9.17) is 9.47 Å². The molecule has 1 rings (SSSR count). The molecule has 0 spiro atoms. The van der Waals surface area contributed by atoms with E-state index >= 15 is 0 Å². The van der Waals surface area contributed by atoms with Gasteiger partial charge in [-0.15, -0.1) is 0 Å². The molecule has 1 aromatic carbocycles. The topological polar surface area (TPSA) is 18.5 Å². The van der Waals surface area contributed by atoms with Crippen LogP contribution in [0.15, 0.2) is 12.1 Å². The normalized spacial score (nSPS) is 11.4. The van der Waals surface area contributed by atoms with Gasteiger partial charge in [0.15, 0.2) is 0 Å². The second-order valence-corrected chi connectivity index (χ2v) is 10.5. The summed E-state index contributed by atoms with van der Waals surface area (Å²) in [7, 11) is 13.2. The number of nitrogens with zero attached hydrogens (tertiary/aromatic N) is 2. The molecule has 1 aromatic rings. The maximum atomic E-state index is 5.96. The van der Waals surface area contributed by atoms with Crippen LogP contribution in [-0.2, 0) is 0 Å². The minimum atomic E-state index is 0. The summed E-state index contributed by atoms with van der Waals surface area (Å²) in [5, 5.41) is 0. The Kier molecular flexibility index (Phi) is 15.1. The summed E-state index contributed by atoms with van der Waals surface area (Å²) in [6.45, 7) is 3.74. The van der Waals surface area contributed by atoms with Crippen molar-refractivity contribution in [2.45, 2.75) is 12.8 Å². The van der Waals surface area contributed by atoms with Gasteiger partial charge in [-0.25, -0.2) is 0 Å². The van der Waals surface area contributed by atoms with Crippen molar-refractivity contribution in [1.29, 1.82) is 0 Å². The van der Waals surface area contributed by atoms with E-state index in [-0.39, 0.29) is 34.0 Å². The van der Waals surface area contributed by atoms with Crippen molar-refractivity contribution in [2.24, 2.45) is 0 Å². The number of quaternary nitrogens is 2. The predicted octanol–water partition coefficient (Wildman–Crippen LogP) is -2.15. The summed E-state index contributed by atoms with van der Waals surface area (Å²) in [6, 6.07) is 4.17. The summed E-state index contributed by atoms with van der Waals surface area (Å²) in [6.07, 6.45) is 2.11. The van der Waals surface area contributed by atoms with Crippen LogP contribution < -0.4 is 43.4 Å². The van der Waals surface area contributed by atoms with Crippen LogP contribution in [0.25, 0.3) is 0 Å². The third-order valence-electron chi connectivity index (χ3n) is 3.45. The molecule has 0 heterocycles. The first-order valence-corrected chi connectivity index (χ1v) is 10.5. The van der Waals surface area contributed by atoms with Crippen LogP contribution in [0.5, 0.6) is 11.5 Å². The Labute approximate surface area is 208 Å². The monoisotopic (exact) mass is 720 g/mol. The van der Waals surface area contributed by atoms with Crippen LogP contribution >= 0.6 is 45.2 Å². The largest absolute Gasteiger partial charge is 1.00 e. The molecule has 154 valence electrons. The van der Waals surface area contributed by atoms with Crippen molar-refractivity contribution in [2.75, 3.05) is 68.6 Å². The van der Waals surface area contributed by atoms with Gasteiger partial charge in [-0.1, -0.05) is 0 Å². The number of hydrogen-bond acceptors (Lipinski definition) is 2. The van der Waals surface area contributed by atoms with Gasteiger partial charge >= 0.3 is 0 Å². The van der Waals surface area contributed by atoms with Crippen molar-refractivity contribution in [3.8, 4) is 11.5 Å². The predicted molar refractivity (Wildman–Crippen MR) is 118 cm³/mol. The maximum absolute atomic E-state index is 5.96. The van der Waals surface area contributed by atoms with Crippen molar-refractivity contribution >= 4 is 45.2 Å². The van der Waals surface area contributed by atoms with Gasteiger partial charge in [0.25, 0.3) is 0 Å². The molecule has 0 radical (unpaired) electrons. The molecular weight excluding hydrogens is 690 g/mol. The van der Waals surface area contributed by atoms with Gasteiger partial charge in [0.1, 0.15) is 11.5 Å². The molecule has 26 heavy (non-hydrogen) atoms. The number of halogens is 4. The van der Waals surface area contributed by atoms with Gasteiger partial charge in [0, 0.05) is 12.8 Å². The standard InChI is InChI=1S/C18H32I2N2O2.2BrH/c1-21(2,3)9-7-11-23-17-13-16(20)18(14-15(17)19)24-12-8-10-22(4,5)6;;/h13-14H,7-12H2,1-6H3;2*1H/q+2;;/p-2. The smallest absolute Gasteiger partial charge is 0.133 e. The Morgan fingerprint density at radius 2 is 1.00 bits per heavy atom. The highest BCUT2D eigenvalue weighted by Gasteiger charge is 2.11. The zero-order chi connectivity index (χ0) is 18.4. The molecule has 0 N–H and O–H groups in total. The SMILES string of the molecule is C[N+](C)(C)CCCOc1cc(I)c(OCCC[N+](C)(C)C)cc1I.[Br-].[Br-]. The summed E-state index contributed by atoms with van der Waals surface area (Å²) >= 11 is 4.66. The van der Waals surface area contributed by atoms with Crippen LogP contribution in [0, 0.1) is 7.14 Å². The first-order chi connectivity index (χ1) is 11.0. The van der Waals surface area contributed by atoms with E-state index in [9.17, 15) is 0 Å². The Hall–Kier alpha value is 1.16. The number of hydrogen-bond donors (Lipinski definition) is 0. The third-order valence-corrected chi connectivity index (χ3v) is 5.13. The fourth-order valence-electron chi connectivity index (χ4n) is 2.17. The van der Waals surface area contributed by atoms with Crippen LogP contribution in [0.3, 0.4) is 0 Å². The Bertz CT molecular complexity index is 485. The maximum Gasteiger partial charge on any atom is 0.133 e. The molecule has 0 saturated heterocycles. The minimum Gasteiger partial charge on any atom is -1.00 e. The quantitative estimate of drug-likeness (QED) is 0.156. The third kappa shape index (κ3) is 13.4. The molecule has 0 bridgehead atoms. The molecule has 0 aromatic heterocycles. The van der Waals surface area contributed by atoms with E-state index in [0.717, 1.165) is 66.8 Å². The molecule has 0 aliphatic heterocycles. The van der Waals surface area contributed by atoms with E-state index in [1.54, 1.807) is 0 Å². The first-order valence-electron chi connectivity index (χ1n) is 8.33. The lowest BCUT2D eigenvalue weighted by Crippen LogP contribution is -3.00. The lowest BCUT2D eigenvalue weighted by atomic mass is 10.3. The molecule has 0 atom stereocenters. The van der Waals surface area contributed by atoms with Gasteiger partial charge in [0.2, 0.25) is 0 Å². The Balaban J connectivity index is 0. The fraction of sp³-hybridized carbons (Fsp3) is 0.667. The zero-order valence-corrected chi connectivity index (χ0v) is 24.1. The number of rotatable bonds is 10. The highest BCUT2D eigenvalue weighted by molar-refractivity contribution is 14.1. The average Bonchev–Trinajstić information content (AvgIpc) is 2.41. The van der Waals surface area contributed by atoms with Gasteiger partial charge in [-0.3, -0.25) is 0 Å². The van der Waals surface area contributed by atoms with Crippen molar-refractivity contribution in [3.05, 3.63) is 19.3 Å². The van der Waals surface area contributed by atoms with Crippen molar-refractivity contribution in [3.63, 3.8) is 0 Å². The van der Waals surface area contributed by atoms with E-state index in [1.807, 2.05) is 0 Å². The van der Waals surface area contributed by atoms with Gasteiger partial charge in [-0.2, -0.15) is 0 Å². The van der Waals surface area contributed by atoms with E-state index in [2.05, 4.69) is 99.6 Å². The fourth-order valence-corrected chi connectivity index (χ4v) is 3.36. The summed E-state index contributed by atoms with van der Waals surface area (Å²) in [5.41, 5.74) is 0. The van der Waals surface area contributed by atoms with Crippen LogP contribution in [0.4, 0.5) is 0 Å². The van der Waals surface area contributed by atoms with Crippen molar-refractivity contribution in [1.82, 2.24) is 0 Å².